The van der Waals surface area contributed by atoms with Gasteiger partial charge in [-0.15, -0.1) is 0 Å². The maximum Gasteiger partial charge on any atom is 0.228 e. The number of hydrogen-bond acceptors (Lipinski definition) is 5. The number of rotatable bonds is 5. The molecule has 0 aromatic carbocycles. The van der Waals surface area contributed by atoms with E-state index in [4.69, 9.17) is 4.98 Å². The third kappa shape index (κ3) is 4.62. The van der Waals surface area contributed by atoms with E-state index in [0.29, 0.717) is 11.7 Å². The number of aryl methyl sites for hydroxylation is 1. The lowest BCUT2D eigenvalue weighted by atomic mass is 9.95. The highest BCUT2D eigenvalue weighted by atomic mass is 16.1. The molecule has 7 heteroatoms. The minimum atomic E-state index is 0.0468. The third-order valence-corrected chi connectivity index (χ3v) is 5.41. The van der Waals surface area contributed by atoms with E-state index in [1.54, 1.807) is 17.1 Å². The van der Waals surface area contributed by atoms with Crippen molar-refractivity contribution in [2.45, 2.75) is 26.7 Å². The molecule has 0 bridgehead atoms. The van der Waals surface area contributed by atoms with Gasteiger partial charge in [-0.25, -0.2) is 9.97 Å². The summed E-state index contributed by atoms with van der Waals surface area (Å²) < 4.78 is 1.76. The zero-order valence-electron chi connectivity index (χ0n) is 17.3. The number of fused-ring (bicyclic) bond motifs is 1. The quantitative estimate of drug-likeness (QED) is 0.721. The van der Waals surface area contributed by atoms with Gasteiger partial charge in [-0.2, -0.15) is 5.10 Å². The molecule has 0 saturated carbocycles. The normalized spacial score (nSPS) is 15.9. The van der Waals surface area contributed by atoms with Gasteiger partial charge >= 0.3 is 0 Å². The van der Waals surface area contributed by atoms with Gasteiger partial charge < -0.3 is 10.2 Å². The molecule has 4 rings (SSSR count). The number of carbonyl (C=O) groups is 1. The average Bonchev–Trinajstić information content (AvgIpc) is 3.14. The molecule has 4 heterocycles. The molecule has 0 unspecified atom stereocenters. The number of anilines is 1. The van der Waals surface area contributed by atoms with Crippen molar-refractivity contribution in [2.75, 3.05) is 25.0 Å². The third-order valence-electron chi connectivity index (χ3n) is 5.41. The standard InChI is InChI=1S/C22H28N6O/c1-15(2)13-28-8-6-16(7-9-28)22(29)26-21-10-20-17(11-23-21)4-5-19(25-20)18-12-24-27(3)14-18/h4-5,10-12,14-16H,6-9,13H2,1-3H3,(H,23,26,29). The van der Waals surface area contributed by atoms with Crippen LogP contribution in [0.15, 0.2) is 36.8 Å². The van der Waals surface area contributed by atoms with Crippen molar-refractivity contribution in [1.29, 1.82) is 0 Å². The lowest BCUT2D eigenvalue weighted by molar-refractivity contribution is -0.121. The van der Waals surface area contributed by atoms with Crippen LogP contribution < -0.4 is 5.32 Å². The molecule has 7 nitrogen and oxygen atoms in total. The van der Waals surface area contributed by atoms with Crippen molar-refractivity contribution in [3.63, 3.8) is 0 Å². The van der Waals surface area contributed by atoms with Crippen molar-refractivity contribution >= 4 is 22.6 Å². The van der Waals surface area contributed by atoms with Crippen LogP contribution in [-0.2, 0) is 11.8 Å². The summed E-state index contributed by atoms with van der Waals surface area (Å²) >= 11 is 0. The van der Waals surface area contributed by atoms with Gasteiger partial charge in [0.15, 0.2) is 0 Å². The number of pyridine rings is 2. The van der Waals surface area contributed by atoms with Crippen molar-refractivity contribution in [1.82, 2.24) is 24.6 Å². The molecule has 0 radical (unpaired) electrons. The second kappa shape index (κ2) is 8.29. The first kappa shape index (κ1) is 19.5. The predicted molar refractivity (Wildman–Crippen MR) is 114 cm³/mol. The molecule has 1 amide bonds. The molecule has 152 valence electrons. The van der Waals surface area contributed by atoms with Crippen LogP contribution >= 0.6 is 0 Å². The van der Waals surface area contributed by atoms with Crippen LogP contribution in [0.5, 0.6) is 0 Å². The number of aromatic nitrogens is 4. The first-order chi connectivity index (χ1) is 14.0. The summed E-state index contributed by atoms with van der Waals surface area (Å²) in [5.74, 6) is 1.32. The fourth-order valence-electron chi connectivity index (χ4n) is 3.92. The van der Waals surface area contributed by atoms with Gasteiger partial charge in [-0.3, -0.25) is 9.48 Å². The lowest BCUT2D eigenvalue weighted by Crippen LogP contribution is -2.39. The smallest absolute Gasteiger partial charge is 0.228 e. The van der Waals surface area contributed by atoms with Crippen LogP contribution in [0.25, 0.3) is 22.2 Å². The molecule has 1 fully saturated rings. The highest BCUT2D eigenvalue weighted by Gasteiger charge is 2.25. The molecule has 1 aliphatic heterocycles. The number of nitrogens with zero attached hydrogens (tertiary/aromatic N) is 5. The molecule has 1 aliphatic rings. The number of amides is 1. The Hall–Kier alpha value is -2.80. The Kier molecular flexibility index (Phi) is 5.58. The molecular formula is C22H28N6O. The Morgan fingerprint density at radius 1 is 1.24 bits per heavy atom. The highest BCUT2D eigenvalue weighted by molar-refractivity contribution is 5.93. The van der Waals surface area contributed by atoms with Crippen molar-refractivity contribution < 1.29 is 4.79 Å². The fourth-order valence-corrected chi connectivity index (χ4v) is 3.92. The molecule has 0 spiro atoms. The topological polar surface area (TPSA) is 75.9 Å². The molecule has 3 aromatic heterocycles. The van der Waals surface area contributed by atoms with Crippen LogP contribution in [0.2, 0.25) is 0 Å². The van der Waals surface area contributed by atoms with Crippen LogP contribution in [0.3, 0.4) is 0 Å². The number of hydrogen-bond donors (Lipinski definition) is 1. The molecule has 0 atom stereocenters. The van der Waals surface area contributed by atoms with Crippen molar-refractivity contribution in [2.24, 2.45) is 18.9 Å². The molecule has 0 aliphatic carbocycles. The predicted octanol–water partition coefficient (Wildman–Crippen LogP) is 3.34. The molecule has 1 saturated heterocycles. The van der Waals surface area contributed by atoms with E-state index in [9.17, 15) is 4.79 Å². The first-order valence-corrected chi connectivity index (χ1v) is 10.3. The van der Waals surface area contributed by atoms with Crippen molar-refractivity contribution in [3.8, 4) is 11.3 Å². The maximum atomic E-state index is 12.7. The van der Waals surface area contributed by atoms with Gasteiger partial charge in [0.1, 0.15) is 5.82 Å². The summed E-state index contributed by atoms with van der Waals surface area (Å²) in [5.41, 5.74) is 2.62. The maximum absolute atomic E-state index is 12.7. The summed E-state index contributed by atoms with van der Waals surface area (Å²) in [5, 5.41) is 8.15. The largest absolute Gasteiger partial charge is 0.310 e. The van der Waals surface area contributed by atoms with E-state index < -0.39 is 0 Å². The van der Waals surface area contributed by atoms with Crippen LogP contribution in [0, 0.1) is 11.8 Å². The van der Waals surface area contributed by atoms with Crippen LogP contribution in [0.1, 0.15) is 26.7 Å². The second-order valence-electron chi connectivity index (χ2n) is 8.32. The Balaban J connectivity index is 1.44. The van der Waals surface area contributed by atoms with E-state index in [2.05, 4.69) is 34.1 Å². The number of nitrogens with one attached hydrogen (secondary N) is 1. The van der Waals surface area contributed by atoms with Gasteiger partial charge in [0.2, 0.25) is 5.91 Å². The van der Waals surface area contributed by atoms with Gasteiger partial charge in [0.25, 0.3) is 0 Å². The lowest BCUT2D eigenvalue weighted by Gasteiger charge is -2.32. The fraction of sp³-hybridized carbons (Fsp3) is 0.455. The molecule has 29 heavy (non-hydrogen) atoms. The molecule has 3 aromatic rings. The van der Waals surface area contributed by atoms with E-state index >= 15 is 0 Å². The average molecular weight is 393 g/mol. The van der Waals surface area contributed by atoms with E-state index in [1.807, 2.05) is 31.4 Å². The van der Waals surface area contributed by atoms with Crippen molar-refractivity contribution in [3.05, 3.63) is 36.8 Å². The minimum Gasteiger partial charge on any atom is -0.310 e. The number of likely N-dealkylation sites (tertiary alicyclic amines) is 1. The summed E-state index contributed by atoms with van der Waals surface area (Å²) in [4.78, 5) is 24.3. The van der Waals surface area contributed by atoms with Gasteiger partial charge in [-0.1, -0.05) is 13.8 Å². The first-order valence-electron chi connectivity index (χ1n) is 10.3. The summed E-state index contributed by atoms with van der Waals surface area (Å²) in [6.45, 7) is 7.54. The Bertz CT molecular complexity index is 1000. The Morgan fingerprint density at radius 2 is 2.03 bits per heavy atom. The van der Waals surface area contributed by atoms with Gasteiger partial charge in [0.05, 0.1) is 17.4 Å². The monoisotopic (exact) mass is 392 g/mol. The van der Waals surface area contributed by atoms with E-state index in [0.717, 1.165) is 54.6 Å². The summed E-state index contributed by atoms with van der Waals surface area (Å²) in [6.07, 6.45) is 7.29. The summed E-state index contributed by atoms with van der Waals surface area (Å²) in [6, 6.07) is 5.80. The van der Waals surface area contributed by atoms with Gasteiger partial charge in [-0.05, 0) is 44.0 Å². The van der Waals surface area contributed by atoms with Crippen LogP contribution in [0.4, 0.5) is 5.82 Å². The second-order valence-corrected chi connectivity index (χ2v) is 8.32. The number of piperidine rings is 1. The Labute approximate surface area is 171 Å². The Morgan fingerprint density at radius 3 is 2.72 bits per heavy atom. The zero-order chi connectivity index (χ0) is 20.4. The highest BCUT2D eigenvalue weighted by Crippen LogP contribution is 2.23. The van der Waals surface area contributed by atoms with E-state index in [-0.39, 0.29) is 11.8 Å². The summed E-state index contributed by atoms with van der Waals surface area (Å²) in [7, 11) is 1.88. The number of carbonyl (C=O) groups excluding carboxylic acids is 1. The van der Waals surface area contributed by atoms with Gasteiger partial charge in [0, 0.05) is 48.9 Å². The van der Waals surface area contributed by atoms with Crippen LogP contribution in [-0.4, -0.2) is 50.2 Å². The SMILES string of the molecule is CC(C)CN1CCC(C(=O)Nc2cc3nc(-c4cnn(C)c4)ccc3cn2)CC1. The zero-order valence-corrected chi connectivity index (χ0v) is 17.3. The minimum absolute atomic E-state index is 0.0468. The van der Waals surface area contributed by atoms with E-state index in [1.165, 1.54) is 0 Å². The molecular weight excluding hydrogens is 364 g/mol. The molecule has 1 N–H and O–H groups in total.